The minimum absolute atomic E-state index is 0.885. The van der Waals surface area contributed by atoms with Gasteiger partial charge in [0.15, 0.2) is 0 Å². The predicted octanol–water partition coefficient (Wildman–Crippen LogP) is 10.7. The van der Waals surface area contributed by atoms with Crippen LogP contribution in [0.4, 0.5) is 11.5 Å². The van der Waals surface area contributed by atoms with Crippen LogP contribution in [0, 0.1) is 19.1 Å². The number of aromatic nitrogens is 2. The summed E-state index contributed by atoms with van der Waals surface area (Å²) >= 11 is 0. The van der Waals surface area contributed by atoms with E-state index < -0.39 is 0 Å². The molecule has 1 aliphatic heterocycles. The van der Waals surface area contributed by atoms with Gasteiger partial charge in [0.25, 0.3) is 0 Å². The summed E-state index contributed by atoms with van der Waals surface area (Å²) in [5, 5.41) is 4.69. The lowest BCUT2D eigenvalue weighted by atomic mass is 9.93. The molecule has 0 N–H and O–H groups in total. The maximum atomic E-state index is 5.26. The standard InChI is InChI=1S/C42H27N3/c1-28-23-32-26-39-42(34-19-11-12-20-37(34)45(39)33-17-9-4-10-18-33)35-21-22-44(38(24-28)41(32)35)40-27-31(29-13-5-2-6-14-29)25-36(43-40)30-15-7-3-8-16-30/h2-10,12-18,20-27H,1H3. The Kier molecular flexibility index (Phi) is 5.63. The third kappa shape index (κ3) is 4.04. The number of fused-ring (bicyclic) bond motifs is 4. The van der Waals surface area contributed by atoms with Gasteiger partial charge in [-0.15, -0.1) is 0 Å². The van der Waals surface area contributed by atoms with Crippen molar-refractivity contribution in [1.29, 1.82) is 0 Å². The molecule has 0 aliphatic carbocycles. The van der Waals surface area contributed by atoms with Crippen LogP contribution < -0.4 is 4.90 Å². The van der Waals surface area contributed by atoms with Crippen molar-refractivity contribution >= 4 is 50.2 Å². The van der Waals surface area contributed by atoms with Crippen molar-refractivity contribution < 1.29 is 0 Å². The van der Waals surface area contributed by atoms with Crippen molar-refractivity contribution in [2.45, 2.75) is 6.92 Å². The minimum Gasteiger partial charge on any atom is -0.309 e. The van der Waals surface area contributed by atoms with E-state index in [0.29, 0.717) is 0 Å². The zero-order valence-corrected chi connectivity index (χ0v) is 24.7. The number of para-hydroxylation sites is 1. The van der Waals surface area contributed by atoms with Gasteiger partial charge in [0.1, 0.15) is 5.82 Å². The molecule has 3 heterocycles. The van der Waals surface area contributed by atoms with E-state index in [0.717, 1.165) is 50.5 Å². The first-order valence-corrected chi connectivity index (χ1v) is 15.2. The number of pyridine rings is 1. The summed E-state index contributed by atoms with van der Waals surface area (Å²) in [6, 6.07) is 53.7. The molecule has 2 aromatic heterocycles. The lowest BCUT2D eigenvalue weighted by Crippen LogP contribution is -2.14. The van der Waals surface area contributed by atoms with E-state index in [1.165, 1.54) is 32.8 Å². The zero-order valence-electron chi connectivity index (χ0n) is 24.7. The lowest BCUT2D eigenvalue weighted by molar-refractivity contribution is 1.18. The Morgan fingerprint density at radius 1 is 0.644 bits per heavy atom. The summed E-state index contributed by atoms with van der Waals surface area (Å²) in [4.78, 5) is 7.51. The van der Waals surface area contributed by atoms with Crippen LogP contribution in [0.5, 0.6) is 0 Å². The first-order chi connectivity index (χ1) is 22.2. The van der Waals surface area contributed by atoms with Crippen molar-refractivity contribution in [3.05, 3.63) is 163 Å². The first kappa shape index (κ1) is 25.4. The summed E-state index contributed by atoms with van der Waals surface area (Å²) in [6.07, 6.45) is 4.43. The van der Waals surface area contributed by atoms with Crippen LogP contribution in [0.1, 0.15) is 11.1 Å². The fourth-order valence-electron chi connectivity index (χ4n) is 6.85. The molecule has 1 aliphatic rings. The summed E-state index contributed by atoms with van der Waals surface area (Å²) in [5.41, 5.74) is 11.3. The lowest BCUT2D eigenvalue weighted by Gasteiger charge is -2.28. The maximum Gasteiger partial charge on any atom is 0.138 e. The van der Waals surface area contributed by atoms with Crippen molar-refractivity contribution in [2.24, 2.45) is 0 Å². The highest BCUT2D eigenvalue weighted by molar-refractivity contribution is 6.21. The Balaban J connectivity index is 1.32. The summed E-state index contributed by atoms with van der Waals surface area (Å²) in [6.45, 7) is 2.18. The molecule has 0 unspecified atom stereocenters. The van der Waals surface area contributed by atoms with E-state index in [1.807, 2.05) is 12.1 Å². The number of benzene rings is 5. The Bertz CT molecular complexity index is 2360. The highest BCUT2D eigenvalue weighted by Gasteiger charge is 2.24. The topological polar surface area (TPSA) is 21.1 Å². The van der Waals surface area contributed by atoms with Crippen LogP contribution in [-0.2, 0) is 0 Å². The molecule has 45 heavy (non-hydrogen) atoms. The summed E-state index contributed by atoms with van der Waals surface area (Å²) < 4.78 is 2.35. The third-order valence-corrected chi connectivity index (χ3v) is 8.79. The van der Waals surface area contributed by atoms with Crippen LogP contribution in [-0.4, -0.2) is 9.55 Å². The van der Waals surface area contributed by atoms with Gasteiger partial charge in [-0.05, 0) is 89.2 Å². The number of rotatable bonds is 4. The highest BCUT2D eigenvalue weighted by atomic mass is 15.2. The molecule has 3 heteroatoms. The normalized spacial score (nSPS) is 12.2. The van der Waals surface area contributed by atoms with E-state index >= 15 is 0 Å². The Morgan fingerprint density at radius 3 is 2.16 bits per heavy atom. The molecule has 0 radical (unpaired) electrons. The molecule has 0 fully saturated rings. The second-order valence-electron chi connectivity index (χ2n) is 11.6. The molecule has 0 spiro atoms. The summed E-state index contributed by atoms with van der Waals surface area (Å²) in [5.74, 6) is 0.885. The van der Waals surface area contributed by atoms with Crippen molar-refractivity contribution in [2.75, 3.05) is 4.90 Å². The molecule has 9 rings (SSSR count). The van der Waals surface area contributed by atoms with Gasteiger partial charge in [-0.2, -0.15) is 0 Å². The van der Waals surface area contributed by atoms with Gasteiger partial charge in [0, 0.05) is 28.2 Å². The van der Waals surface area contributed by atoms with Gasteiger partial charge >= 0.3 is 0 Å². The smallest absolute Gasteiger partial charge is 0.138 e. The Morgan fingerprint density at radius 2 is 1.38 bits per heavy atom. The van der Waals surface area contributed by atoms with E-state index in [1.54, 1.807) is 0 Å². The average Bonchev–Trinajstić information content (AvgIpc) is 3.43. The number of hydrogen-bond donors (Lipinski definition) is 0. The molecule has 0 atom stereocenters. The summed E-state index contributed by atoms with van der Waals surface area (Å²) in [7, 11) is 0. The molecule has 3 nitrogen and oxygen atoms in total. The number of hydrogen-bond acceptors (Lipinski definition) is 2. The van der Waals surface area contributed by atoms with Crippen LogP contribution in [0.3, 0.4) is 0 Å². The largest absolute Gasteiger partial charge is 0.309 e. The van der Waals surface area contributed by atoms with Crippen LogP contribution in [0.2, 0.25) is 0 Å². The van der Waals surface area contributed by atoms with Gasteiger partial charge in [-0.3, -0.25) is 0 Å². The molecular weight excluding hydrogens is 546 g/mol. The third-order valence-electron chi connectivity index (χ3n) is 8.79. The van der Waals surface area contributed by atoms with Gasteiger partial charge in [-0.25, -0.2) is 4.98 Å². The number of anilines is 2. The fourth-order valence-corrected chi connectivity index (χ4v) is 6.85. The van der Waals surface area contributed by atoms with Gasteiger partial charge in [-0.1, -0.05) is 97.1 Å². The molecule has 8 aromatic rings. The van der Waals surface area contributed by atoms with E-state index in [2.05, 4.69) is 162 Å². The minimum atomic E-state index is 0.885. The zero-order chi connectivity index (χ0) is 29.9. The molecule has 210 valence electrons. The number of nitrogens with zero attached hydrogens (tertiary/aromatic N) is 3. The van der Waals surface area contributed by atoms with Crippen molar-refractivity contribution in [3.63, 3.8) is 0 Å². The van der Waals surface area contributed by atoms with Gasteiger partial charge < -0.3 is 9.47 Å². The van der Waals surface area contributed by atoms with Crippen molar-refractivity contribution in [3.8, 4) is 28.1 Å². The van der Waals surface area contributed by atoms with E-state index in [-0.39, 0.29) is 0 Å². The predicted molar refractivity (Wildman–Crippen MR) is 187 cm³/mol. The molecule has 0 amide bonds. The second kappa shape index (κ2) is 9.98. The fraction of sp³-hybridized carbons (Fsp3) is 0.0238. The van der Waals surface area contributed by atoms with E-state index in [9.17, 15) is 0 Å². The Labute approximate surface area is 262 Å². The molecular formula is C42H27N3. The van der Waals surface area contributed by atoms with Crippen LogP contribution in [0.15, 0.2) is 140 Å². The highest BCUT2D eigenvalue weighted by Crippen LogP contribution is 2.46. The Hall–Kier alpha value is -6.11. The molecule has 0 saturated heterocycles. The SMILES string of the molecule is Cc1cc2c3c(c4c5c#cccc5n(-c5ccccc5)c4cc3c1)C=CN2c1cc(-c2ccccc2)cc(-c2ccccc2)n1. The average molecular weight is 574 g/mol. The first-order valence-electron chi connectivity index (χ1n) is 15.2. The number of aryl methyl sites for hydroxylation is 1. The maximum absolute atomic E-state index is 5.26. The molecule has 0 bridgehead atoms. The van der Waals surface area contributed by atoms with Gasteiger partial charge in [0.05, 0.1) is 27.8 Å². The van der Waals surface area contributed by atoms with E-state index in [4.69, 9.17) is 4.98 Å². The quantitative estimate of drug-likeness (QED) is 0.209. The second-order valence-corrected chi connectivity index (χ2v) is 11.6. The van der Waals surface area contributed by atoms with Crippen LogP contribution >= 0.6 is 0 Å². The molecule has 0 saturated carbocycles. The van der Waals surface area contributed by atoms with Gasteiger partial charge in [0.2, 0.25) is 0 Å². The van der Waals surface area contributed by atoms with Crippen LogP contribution in [0.25, 0.3) is 66.7 Å². The van der Waals surface area contributed by atoms with Crippen molar-refractivity contribution in [1.82, 2.24) is 9.55 Å². The monoisotopic (exact) mass is 573 g/mol. The molecule has 6 aromatic carbocycles.